The van der Waals surface area contributed by atoms with E-state index in [1.807, 2.05) is 6.92 Å². The number of piperidine rings is 1. The Hall–Kier alpha value is -1.62. The summed E-state index contributed by atoms with van der Waals surface area (Å²) < 4.78 is 0. The molecule has 1 aromatic heterocycles. The third-order valence-electron chi connectivity index (χ3n) is 3.43. The number of aliphatic hydroxyl groups is 1. The molecule has 1 amide bonds. The quantitative estimate of drug-likeness (QED) is 0.763. The highest BCUT2D eigenvalue weighted by atomic mass is 16.3. The van der Waals surface area contributed by atoms with Gasteiger partial charge in [-0.1, -0.05) is 6.92 Å². The molecule has 0 aromatic carbocycles. The van der Waals surface area contributed by atoms with Crippen molar-refractivity contribution in [2.45, 2.75) is 26.4 Å². The molecule has 5 heteroatoms. The van der Waals surface area contributed by atoms with Crippen LogP contribution in [0.15, 0.2) is 17.1 Å². The Kier molecular flexibility index (Phi) is 3.52. The molecule has 2 rings (SSSR count). The maximum absolute atomic E-state index is 12.2. The van der Waals surface area contributed by atoms with Gasteiger partial charge in [-0.2, -0.15) is 0 Å². The molecule has 1 aliphatic rings. The van der Waals surface area contributed by atoms with Crippen LogP contribution >= 0.6 is 0 Å². The van der Waals surface area contributed by atoms with E-state index in [0.717, 1.165) is 5.69 Å². The van der Waals surface area contributed by atoms with Gasteiger partial charge in [-0.25, -0.2) is 0 Å². The second kappa shape index (κ2) is 4.94. The van der Waals surface area contributed by atoms with Gasteiger partial charge in [0, 0.05) is 31.0 Å². The van der Waals surface area contributed by atoms with Crippen LogP contribution in [0, 0.1) is 12.8 Å². The highest BCUT2D eigenvalue weighted by Gasteiger charge is 2.28. The van der Waals surface area contributed by atoms with Gasteiger partial charge < -0.3 is 15.0 Å². The molecule has 0 radical (unpaired) electrons. The van der Waals surface area contributed by atoms with Crippen molar-refractivity contribution in [3.05, 3.63) is 33.7 Å². The number of hydrogen-bond acceptors (Lipinski definition) is 3. The second-order valence-corrected chi connectivity index (χ2v) is 4.98. The Morgan fingerprint density at radius 3 is 2.89 bits per heavy atom. The van der Waals surface area contributed by atoms with Crippen molar-refractivity contribution >= 4 is 5.91 Å². The molecule has 0 aliphatic carbocycles. The maximum atomic E-state index is 12.2. The minimum Gasteiger partial charge on any atom is -0.393 e. The number of H-pyrrole nitrogens is 1. The molecule has 1 fully saturated rings. The van der Waals surface area contributed by atoms with Crippen LogP contribution in [0.2, 0.25) is 0 Å². The van der Waals surface area contributed by atoms with Crippen LogP contribution in [-0.4, -0.2) is 40.1 Å². The fourth-order valence-electron chi connectivity index (χ4n) is 2.23. The lowest BCUT2D eigenvalue weighted by atomic mass is 9.96. The van der Waals surface area contributed by atoms with E-state index in [1.54, 1.807) is 11.8 Å². The number of likely N-dealkylation sites (tertiary alicyclic amines) is 1. The molecule has 1 aromatic rings. The molecule has 0 saturated carbocycles. The van der Waals surface area contributed by atoms with Crippen molar-refractivity contribution in [3.8, 4) is 0 Å². The fourth-order valence-corrected chi connectivity index (χ4v) is 2.23. The minimum absolute atomic E-state index is 0.0484. The predicted molar refractivity (Wildman–Crippen MR) is 67.5 cm³/mol. The zero-order valence-electron chi connectivity index (χ0n) is 10.6. The molecule has 18 heavy (non-hydrogen) atoms. The molecule has 2 unspecified atom stereocenters. The number of aromatic amines is 1. The zero-order valence-corrected chi connectivity index (χ0v) is 10.6. The molecule has 2 atom stereocenters. The van der Waals surface area contributed by atoms with Gasteiger partial charge in [0.1, 0.15) is 5.56 Å². The number of pyridine rings is 1. The van der Waals surface area contributed by atoms with Crippen molar-refractivity contribution < 1.29 is 9.90 Å². The second-order valence-electron chi connectivity index (χ2n) is 4.98. The summed E-state index contributed by atoms with van der Waals surface area (Å²) in [7, 11) is 0. The first kappa shape index (κ1) is 12.8. The Morgan fingerprint density at radius 1 is 1.56 bits per heavy atom. The number of nitrogens with zero attached hydrogens (tertiary/aromatic N) is 1. The number of hydrogen-bond donors (Lipinski definition) is 2. The Morgan fingerprint density at radius 2 is 2.28 bits per heavy atom. The van der Waals surface area contributed by atoms with Gasteiger partial charge in [-0.3, -0.25) is 9.59 Å². The Balaban J connectivity index is 2.19. The van der Waals surface area contributed by atoms with Crippen LogP contribution in [0.25, 0.3) is 0 Å². The summed E-state index contributed by atoms with van der Waals surface area (Å²) in [5.41, 5.74) is 0.651. The highest BCUT2D eigenvalue weighted by Crippen LogP contribution is 2.17. The van der Waals surface area contributed by atoms with Crippen molar-refractivity contribution in [1.29, 1.82) is 0 Å². The fraction of sp³-hybridized carbons (Fsp3) is 0.538. The number of nitrogens with one attached hydrogen (secondary N) is 1. The summed E-state index contributed by atoms with van der Waals surface area (Å²) in [4.78, 5) is 28.5. The van der Waals surface area contributed by atoms with Crippen LogP contribution in [0.1, 0.15) is 29.4 Å². The largest absolute Gasteiger partial charge is 0.393 e. The third-order valence-corrected chi connectivity index (χ3v) is 3.43. The average Bonchev–Trinajstić information content (AvgIpc) is 2.32. The molecule has 5 nitrogen and oxygen atoms in total. The molecule has 2 N–H and O–H groups in total. The van der Waals surface area contributed by atoms with Crippen molar-refractivity contribution in [2.24, 2.45) is 5.92 Å². The van der Waals surface area contributed by atoms with Crippen LogP contribution in [0.4, 0.5) is 0 Å². The van der Waals surface area contributed by atoms with Gasteiger partial charge in [0.15, 0.2) is 5.43 Å². The van der Waals surface area contributed by atoms with Crippen LogP contribution in [0.5, 0.6) is 0 Å². The predicted octanol–water partition coefficient (Wildman–Crippen LogP) is 0.526. The van der Waals surface area contributed by atoms with E-state index in [0.29, 0.717) is 19.5 Å². The monoisotopic (exact) mass is 250 g/mol. The van der Waals surface area contributed by atoms with E-state index in [4.69, 9.17) is 0 Å². The van der Waals surface area contributed by atoms with Gasteiger partial charge in [0.25, 0.3) is 5.91 Å². The summed E-state index contributed by atoms with van der Waals surface area (Å²) in [6, 6.07) is 1.43. The topological polar surface area (TPSA) is 73.4 Å². The van der Waals surface area contributed by atoms with Crippen molar-refractivity contribution in [3.63, 3.8) is 0 Å². The summed E-state index contributed by atoms with van der Waals surface area (Å²) in [5.74, 6) is -0.206. The van der Waals surface area contributed by atoms with Gasteiger partial charge >= 0.3 is 0 Å². The number of carbonyl (C=O) groups is 1. The third kappa shape index (κ3) is 2.46. The number of aliphatic hydroxyl groups excluding tert-OH is 1. The minimum atomic E-state index is -0.356. The van der Waals surface area contributed by atoms with E-state index >= 15 is 0 Å². The lowest BCUT2D eigenvalue weighted by Gasteiger charge is -2.34. The highest BCUT2D eigenvalue weighted by molar-refractivity contribution is 5.93. The van der Waals surface area contributed by atoms with E-state index in [1.165, 1.54) is 12.3 Å². The van der Waals surface area contributed by atoms with Gasteiger partial charge in [0.05, 0.1) is 6.10 Å². The number of rotatable bonds is 1. The first-order valence-electron chi connectivity index (χ1n) is 6.15. The normalized spacial score (nSPS) is 24.1. The summed E-state index contributed by atoms with van der Waals surface area (Å²) >= 11 is 0. The zero-order chi connectivity index (χ0) is 13.3. The smallest absolute Gasteiger partial charge is 0.259 e. The molecule has 1 saturated heterocycles. The first-order valence-corrected chi connectivity index (χ1v) is 6.15. The van der Waals surface area contributed by atoms with E-state index in [-0.39, 0.29) is 28.9 Å². The number of aryl methyl sites for hydroxylation is 1. The molecule has 98 valence electrons. The first-order chi connectivity index (χ1) is 8.49. The summed E-state index contributed by atoms with van der Waals surface area (Å²) in [6.07, 6.45) is 1.68. The SMILES string of the molecule is Cc1cc(=O)c(C(=O)N2CCC(O)C(C)C2)c[nH]1. The molecular formula is C13H18N2O3. The van der Waals surface area contributed by atoms with E-state index < -0.39 is 0 Å². The van der Waals surface area contributed by atoms with Gasteiger partial charge in [-0.05, 0) is 19.3 Å². The molecular weight excluding hydrogens is 232 g/mol. The Bertz CT molecular complexity index is 509. The van der Waals surface area contributed by atoms with Gasteiger partial charge in [-0.15, -0.1) is 0 Å². The van der Waals surface area contributed by atoms with Crippen LogP contribution in [0.3, 0.4) is 0 Å². The average molecular weight is 250 g/mol. The van der Waals surface area contributed by atoms with Crippen LogP contribution in [-0.2, 0) is 0 Å². The number of amides is 1. The molecule has 0 bridgehead atoms. The lowest BCUT2D eigenvalue weighted by molar-refractivity contribution is 0.0296. The molecule has 0 spiro atoms. The summed E-state index contributed by atoms with van der Waals surface area (Å²) in [6.45, 7) is 4.67. The van der Waals surface area contributed by atoms with Crippen molar-refractivity contribution in [2.75, 3.05) is 13.1 Å². The van der Waals surface area contributed by atoms with Crippen LogP contribution < -0.4 is 5.43 Å². The number of aromatic nitrogens is 1. The Labute approximate surface area is 105 Å². The lowest BCUT2D eigenvalue weighted by Crippen LogP contribution is -2.46. The molecule has 2 heterocycles. The maximum Gasteiger partial charge on any atom is 0.259 e. The van der Waals surface area contributed by atoms with Gasteiger partial charge in [0.2, 0.25) is 0 Å². The number of carbonyl (C=O) groups excluding carboxylic acids is 1. The molecule has 1 aliphatic heterocycles. The standard InChI is InChI=1S/C13H18N2O3/c1-8-7-15(4-3-11(8)16)13(18)10-6-14-9(2)5-12(10)17/h5-6,8,11,16H,3-4,7H2,1-2H3,(H,14,17). The van der Waals surface area contributed by atoms with E-state index in [2.05, 4.69) is 4.98 Å². The van der Waals surface area contributed by atoms with E-state index in [9.17, 15) is 14.7 Å². The summed E-state index contributed by atoms with van der Waals surface area (Å²) in [5, 5.41) is 9.63. The van der Waals surface area contributed by atoms with Crippen molar-refractivity contribution in [1.82, 2.24) is 9.88 Å².